The number of nitrogens with zero attached hydrogens (tertiary/aromatic N) is 3. The molecule has 186 valence electrons. The number of nitrogens with one attached hydrogen (secondary N) is 1. The molecule has 8 nitrogen and oxygen atoms in total. The van der Waals surface area contributed by atoms with Crippen molar-refractivity contribution in [3.63, 3.8) is 0 Å². The Balaban J connectivity index is 1.33. The highest BCUT2D eigenvalue weighted by Gasteiger charge is 2.32. The number of ether oxygens (including phenoxy) is 1. The summed E-state index contributed by atoms with van der Waals surface area (Å²) in [5.74, 6) is -0.128. The molecule has 2 aromatic rings. The maximum atomic E-state index is 13.6. The van der Waals surface area contributed by atoms with Crippen LogP contribution < -0.4 is 10.2 Å². The summed E-state index contributed by atoms with van der Waals surface area (Å²) in [5.41, 5.74) is 4.47. The van der Waals surface area contributed by atoms with E-state index in [1.807, 2.05) is 18.2 Å². The molecule has 0 unspecified atom stereocenters. The van der Waals surface area contributed by atoms with E-state index in [1.54, 1.807) is 21.9 Å². The van der Waals surface area contributed by atoms with Gasteiger partial charge >= 0.3 is 0 Å². The molecule has 2 N–H and O–H groups in total. The maximum absolute atomic E-state index is 13.6. The number of hydrogen-bond donors (Lipinski definition) is 2. The van der Waals surface area contributed by atoms with Crippen LogP contribution in [-0.2, 0) is 17.7 Å². The van der Waals surface area contributed by atoms with Gasteiger partial charge in [-0.3, -0.25) is 9.59 Å². The van der Waals surface area contributed by atoms with Crippen molar-refractivity contribution in [2.24, 2.45) is 0 Å². The van der Waals surface area contributed by atoms with Crippen LogP contribution >= 0.6 is 0 Å². The van der Waals surface area contributed by atoms with Gasteiger partial charge in [-0.25, -0.2) is 0 Å². The number of β-amino-alcohol motifs (C(OH)–C–C–N with tert-alkyl or cyclic N) is 1. The lowest BCUT2D eigenvalue weighted by molar-refractivity contribution is 0.0303. The van der Waals surface area contributed by atoms with Crippen molar-refractivity contribution in [2.75, 3.05) is 57.4 Å². The van der Waals surface area contributed by atoms with E-state index in [4.69, 9.17) is 4.74 Å². The van der Waals surface area contributed by atoms with Gasteiger partial charge in [0.25, 0.3) is 11.8 Å². The number of aliphatic hydroxyl groups excluding tert-OH is 1. The van der Waals surface area contributed by atoms with Crippen LogP contribution in [0.4, 0.5) is 5.69 Å². The third-order valence-corrected chi connectivity index (χ3v) is 7.41. The van der Waals surface area contributed by atoms with Crippen LogP contribution in [0.5, 0.6) is 0 Å². The van der Waals surface area contributed by atoms with Crippen LogP contribution in [0.25, 0.3) is 0 Å². The zero-order valence-corrected chi connectivity index (χ0v) is 20.3. The number of anilines is 1. The molecule has 3 aliphatic heterocycles. The van der Waals surface area contributed by atoms with Crippen LogP contribution in [0.1, 0.15) is 38.8 Å². The normalized spacial score (nSPS) is 21.3. The largest absolute Gasteiger partial charge is 0.390 e. The second kappa shape index (κ2) is 10.4. The molecule has 2 amide bonds. The molecule has 3 aliphatic rings. The van der Waals surface area contributed by atoms with E-state index >= 15 is 0 Å². The van der Waals surface area contributed by atoms with Crippen molar-refractivity contribution >= 4 is 17.5 Å². The molecule has 0 spiro atoms. The summed E-state index contributed by atoms with van der Waals surface area (Å²) in [5, 5.41) is 14.5. The molecule has 5 rings (SSSR count). The SMILES string of the molecule is CCN1CCN(C[C@@H](O)[C@@H]2Cc3ccccc3CN2)C(=O)c2ccc(C(=O)N3CCOCC3)cc21. The number of carbonyl (C=O) groups is 2. The first-order valence-corrected chi connectivity index (χ1v) is 12.6. The Kier molecular flexibility index (Phi) is 7.04. The van der Waals surface area contributed by atoms with Crippen LogP contribution in [0.15, 0.2) is 42.5 Å². The number of aliphatic hydroxyl groups is 1. The van der Waals surface area contributed by atoms with Crippen molar-refractivity contribution in [3.8, 4) is 0 Å². The molecule has 1 saturated heterocycles. The fourth-order valence-electron chi connectivity index (χ4n) is 5.30. The number of rotatable bonds is 5. The summed E-state index contributed by atoms with van der Waals surface area (Å²) in [6.45, 7) is 7.21. The minimum Gasteiger partial charge on any atom is -0.390 e. The highest BCUT2D eigenvalue weighted by Crippen LogP contribution is 2.28. The summed E-state index contributed by atoms with van der Waals surface area (Å²) >= 11 is 0. The van der Waals surface area contributed by atoms with Crippen molar-refractivity contribution in [1.82, 2.24) is 15.1 Å². The van der Waals surface area contributed by atoms with Crippen LogP contribution in [0.2, 0.25) is 0 Å². The highest BCUT2D eigenvalue weighted by molar-refractivity contribution is 6.03. The van der Waals surface area contributed by atoms with Crippen molar-refractivity contribution in [3.05, 3.63) is 64.7 Å². The second-order valence-electron chi connectivity index (χ2n) is 9.49. The predicted octanol–water partition coefficient (Wildman–Crippen LogP) is 1.52. The molecule has 2 aromatic carbocycles. The molecule has 0 saturated carbocycles. The third kappa shape index (κ3) is 4.91. The van der Waals surface area contributed by atoms with Gasteiger partial charge in [0.15, 0.2) is 0 Å². The van der Waals surface area contributed by atoms with Gasteiger partial charge in [0.2, 0.25) is 0 Å². The Morgan fingerprint density at radius 3 is 2.60 bits per heavy atom. The summed E-state index contributed by atoms with van der Waals surface area (Å²) in [6, 6.07) is 13.6. The number of hydrogen-bond acceptors (Lipinski definition) is 6. The Morgan fingerprint density at radius 2 is 1.83 bits per heavy atom. The summed E-state index contributed by atoms with van der Waals surface area (Å²) in [6.07, 6.45) is 0.0652. The highest BCUT2D eigenvalue weighted by atomic mass is 16.5. The van der Waals surface area contributed by atoms with Gasteiger partial charge in [-0.2, -0.15) is 0 Å². The smallest absolute Gasteiger partial charge is 0.256 e. The van der Waals surface area contributed by atoms with Gasteiger partial charge in [-0.05, 0) is 42.7 Å². The first-order chi connectivity index (χ1) is 17.0. The summed E-state index contributed by atoms with van der Waals surface area (Å²) in [4.78, 5) is 32.3. The van der Waals surface area contributed by atoms with E-state index in [2.05, 4.69) is 29.3 Å². The molecular weight excluding hydrogens is 444 g/mol. The molecule has 1 fully saturated rings. The number of morpholine rings is 1. The molecule has 3 heterocycles. The lowest BCUT2D eigenvalue weighted by Gasteiger charge is -2.33. The lowest BCUT2D eigenvalue weighted by Crippen LogP contribution is -2.50. The second-order valence-corrected chi connectivity index (χ2v) is 9.49. The van der Waals surface area contributed by atoms with Gasteiger partial charge in [0.05, 0.1) is 30.6 Å². The van der Waals surface area contributed by atoms with E-state index in [9.17, 15) is 14.7 Å². The average molecular weight is 479 g/mol. The third-order valence-electron chi connectivity index (χ3n) is 7.41. The fourth-order valence-corrected chi connectivity index (χ4v) is 5.30. The topological polar surface area (TPSA) is 85.3 Å². The molecule has 0 radical (unpaired) electrons. The van der Waals surface area contributed by atoms with Crippen LogP contribution in [0, 0.1) is 0 Å². The summed E-state index contributed by atoms with van der Waals surface area (Å²) < 4.78 is 5.37. The first-order valence-electron chi connectivity index (χ1n) is 12.6. The van der Waals surface area contributed by atoms with Gasteiger partial charge in [-0.1, -0.05) is 24.3 Å². The monoisotopic (exact) mass is 478 g/mol. The lowest BCUT2D eigenvalue weighted by atomic mass is 9.92. The zero-order valence-electron chi connectivity index (χ0n) is 20.3. The fraction of sp³-hybridized carbons (Fsp3) is 0.481. The summed E-state index contributed by atoms with van der Waals surface area (Å²) in [7, 11) is 0. The Labute approximate surface area is 206 Å². The number of benzene rings is 2. The van der Waals surface area contributed by atoms with E-state index in [1.165, 1.54) is 11.1 Å². The van der Waals surface area contributed by atoms with Gasteiger partial charge < -0.3 is 29.9 Å². The van der Waals surface area contributed by atoms with E-state index in [0.29, 0.717) is 50.5 Å². The maximum Gasteiger partial charge on any atom is 0.256 e. The molecule has 35 heavy (non-hydrogen) atoms. The number of fused-ring (bicyclic) bond motifs is 2. The minimum atomic E-state index is -0.675. The van der Waals surface area contributed by atoms with Crippen molar-refractivity contribution in [2.45, 2.75) is 32.0 Å². The standard InChI is InChI=1S/C27H34N4O4/c1-2-29-9-10-31(18-25(32)23-15-19-5-3-4-6-21(19)17-28-23)27(34)22-8-7-20(16-24(22)29)26(33)30-11-13-35-14-12-30/h3-8,16,23,25,28,32H,2,9-15,17-18H2,1H3/t23-,25+/m0/s1. The number of likely N-dealkylation sites (N-methyl/N-ethyl adjacent to an activating group) is 1. The van der Waals surface area contributed by atoms with E-state index in [-0.39, 0.29) is 24.4 Å². The molecular formula is C27H34N4O4. The van der Waals surface area contributed by atoms with Gasteiger partial charge in [0.1, 0.15) is 0 Å². The average Bonchev–Trinajstić information content (AvgIpc) is 3.04. The molecule has 2 atom stereocenters. The molecule has 0 aliphatic carbocycles. The quantitative estimate of drug-likeness (QED) is 0.678. The number of amides is 2. The minimum absolute atomic E-state index is 0.0280. The van der Waals surface area contributed by atoms with E-state index < -0.39 is 6.10 Å². The van der Waals surface area contributed by atoms with Gasteiger partial charge in [-0.15, -0.1) is 0 Å². The van der Waals surface area contributed by atoms with Crippen molar-refractivity contribution < 1.29 is 19.4 Å². The molecule has 0 bridgehead atoms. The first kappa shape index (κ1) is 23.8. The van der Waals surface area contributed by atoms with Crippen LogP contribution in [-0.4, -0.2) is 91.3 Å². The van der Waals surface area contributed by atoms with E-state index in [0.717, 1.165) is 25.2 Å². The van der Waals surface area contributed by atoms with Crippen molar-refractivity contribution in [1.29, 1.82) is 0 Å². The Bertz CT molecular complexity index is 1080. The Hall–Kier alpha value is -2.94. The van der Waals surface area contributed by atoms with Crippen LogP contribution in [0.3, 0.4) is 0 Å². The predicted molar refractivity (Wildman–Crippen MR) is 134 cm³/mol. The Morgan fingerprint density at radius 1 is 1.09 bits per heavy atom. The van der Waals surface area contributed by atoms with Gasteiger partial charge in [0, 0.05) is 57.4 Å². The number of carbonyl (C=O) groups excluding carboxylic acids is 2. The zero-order chi connectivity index (χ0) is 24.4. The molecule has 8 heteroatoms. The molecule has 0 aromatic heterocycles.